The molecule has 0 aliphatic heterocycles. The van der Waals surface area contributed by atoms with E-state index >= 15 is 0 Å². The fourth-order valence-electron chi connectivity index (χ4n) is 1.32. The minimum absolute atomic E-state index is 0.999. The van der Waals surface area contributed by atoms with Crippen LogP contribution in [0.15, 0.2) is 60.8 Å². The maximum atomic E-state index is 2.25. The zero-order valence-electron chi connectivity index (χ0n) is 11.3. The summed E-state index contributed by atoms with van der Waals surface area (Å²) in [6.07, 6.45) is 27.2. The van der Waals surface area contributed by atoms with Crippen LogP contribution in [0.1, 0.15) is 46.0 Å². The monoisotopic (exact) mass is 230 g/mol. The van der Waals surface area contributed by atoms with E-state index < -0.39 is 0 Å². The first kappa shape index (κ1) is 15.7. The summed E-state index contributed by atoms with van der Waals surface area (Å²) in [5, 5.41) is 0. The Kier molecular flexibility index (Phi) is 13.6. The molecule has 0 aliphatic rings. The molecule has 0 aromatic heterocycles. The highest BCUT2D eigenvalue weighted by molar-refractivity contribution is 5.12. The molecular weight excluding hydrogens is 204 g/mol. The summed E-state index contributed by atoms with van der Waals surface area (Å²) < 4.78 is 0. The van der Waals surface area contributed by atoms with Crippen molar-refractivity contribution in [2.24, 2.45) is 0 Å². The summed E-state index contributed by atoms with van der Waals surface area (Å²) in [5.74, 6) is 0. The fraction of sp³-hybridized carbons (Fsp3) is 0.412. The lowest BCUT2D eigenvalue weighted by Gasteiger charge is -1.89. The Morgan fingerprint density at radius 2 is 1.35 bits per heavy atom. The van der Waals surface area contributed by atoms with Crippen molar-refractivity contribution in [3.8, 4) is 0 Å². The zero-order chi connectivity index (χ0) is 12.6. The van der Waals surface area contributed by atoms with Gasteiger partial charge in [-0.1, -0.05) is 80.5 Å². The molecule has 0 aromatic carbocycles. The summed E-state index contributed by atoms with van der Waals surface area (Å²) in [5.41, 5.74) is 0. The number of allylic oxidation sites excluding steroid dienone is 10. The highest BCUT2D eigenvalue weighted by Gasteiger charge is 1.79. The van der Waals surface area contributed by atoms with E-state index in [9.17, 15) is 0 Å². The molecule has 0 fully saturated rings. The van der Waals surface area contributed by atoms with Crippen LogP contribution in [-0.2, 0) is 0 Å². The van der Waals surface area contributed by atoms with E-state index in [0.29, 0.717) is 0 Å². The Labute approximate surface area is 107 Å². The van der Waals surface area contributed by atoms with Crippen molar-refractivity contribution in [3.63, 3.8) is 0 Å². The Bertz CT molecular complexity index is 274. The molecule has 0 unspecified atom stereocenters. The second kappa shape index (κ2) is 14.7. The van der Waals surface area contributed by atoms with E-state index in [1.165, 1.54) is 25.7 Å². The van der Waals surface area contributed by atoms with Crippen LogP contribution < -0.4 is 0 Å². The van der Waals surface area contributed by atoms with Gasteiger partial charge in [0.2, 0.25) is 0 Å². The zero-order valence-corrected chi connectivity index (χ0v) is 11.3. The van der Waals surface area contributed by atoms with Gasteiger partial charge in [0.15, 0.2) is 0 Å². The van der Waals surface area contributed by atoms with Crippen molar-refractivity contribution in [1.29, 1.82) is 0 Å². The molecular formula is C17H26. The van der Waals surface area contributed by atoms with Crippen molar-refractivity contribution in [1.82, 2.24) is 0 Å². The Morgan fingerprint density at radius 3 is 2.06 bits per heavy atom. The molecule has 0 rings (SSSR count). The van der Waals surface area contributed by atoms with Crippen LogP contribution in [0.4, 0.5) is 0 Å². The third-order valence-corrected chi connectivity index (χ3v) is 2.29. The molecule has 0 saturated heterocycles. The van der Waals surface area contributed by atoms with Crippen LogP contribution in [0.25, 0.3) is 0 Å². The van der Waals surface area contributed by atoms with Gasteiger partial charge in [0.1, 0.15) is 0 Å². The molecule has 0 nitrogen and oxygen atoms in total. The molecule has 0 spiro atoms. The lowest BCUT2D eigenvalue weighted by molar-refractivity contribution is 0.729. The van der Waals surface area contributed by atoms with Gasteiger partial charge in [-0.3, -0.25) is 0 Å². The van der Waals surface area contributed by atoms with Crippen LogP contribution in [0.2, 0.25) is 0 Å². The summed E-state index contributed by atoms with van der Waals surface area (Å²) >= 11 is 0. The molecule has 94 valence electrons. The van der Waals surface area contributed by atoms with E-state index in [0.717, 1.165) is 6.42 Å². The van der Waals surface area contributed by atoms with Crippen LogP contribution >= 0.6 is 0 Å². The van der Waals surface area contributed by atoms with Gasteiger partial charge in [0, 0.05) is 0 Å². The average Bonchev–Trinajstić information content (AvgIpc) is 2.35. The van der Waals surface area contributed by atoms with Crippen LogP contribution in [0.5, 0.6) is 0 Å². The first-order valence-electron chi connectivity index (χ1n) is 6.68. The summed E-state index contributed by atoms with van der Waals surface area (Å²) in [6, 6.07) is 0. The molecule has 0 saturated carbocycles. The minimum atomic E-state index is 0.999. The van der Waals surface area contributed by atoms with E-state index in [2.05, 4.69) is 49.5 Å². The molecule has 0 radical (unpaired) electrons. The molecule has 0 atom stereocenters. The van der Waals surface area contributed by atoms with Gasteiger partial charge in [0.05, 0.1) is 0 Å². The van der Waals surface area contributed by atoms with Crippen LogP contribution in [0, 0.1) is 0 Å². The molecule has 0 heterocycles. The maximum absolute atomic E-state index is 2.25. The molecule has 17 heavy (non-hydrogen) atoms. The van der Waals surface area contributed by atoms with Crippen molar-refractivity contribution < 1.29 is 0 Å². The van der Waals surface area contributed by atoms with Gasteiger partial charge in [0.25, 0.3) is 0 Å². The van der Waals surface area contributed by atoms with E-state index in [1.807, 2.05) is 25.2 Å². The smallest absolute Gasteiger partial charge is 0.0163 e. The first-order chi connectivity index (χ1) is 8.41. The Balaban J connectivity index is 3.47. The predicted molar refractivity (Wildman–Crippen MR) is 80.1 cm³/mol. The lowest BCUT2D eigenvalue weighted by atomic mass is 10.2. The Morgan fingerprint density at radius 1 is 0.706 bits per heavy atom. The molecule has 0 heteroatoms. The maximum Gasteiger partial charge on any atom is -0.0163 e. The molecule has 0 amide bonds. The molecule has 0 bridgehead atoms. The SMILES string of the molecule is CC=CC=CC=CCC=CC=CCCCCC. The number of unbranched alkanes of at least 4 members (excludes halogenated alkanes) is 3. The summed E-state index contributed by atoms with van der Waals surface area (Å²) in [6.45, 7) is 4.25. The minimum Gasteiger partial charge on any atom is -0.0877 e. The number of rotatable bonds is 9. The van der Waals surface area contributed by atoms with Crippen LogP contribution in [-0.4, -0.2) is 0 Å². The second-order valence-electron chi connectivity index (χ2n) is 3.93. The number of hydrogen-bond acceptors (Lipinski definition) is 0. The molecule has 0 aromatic rings. The van der Waals surface area contributed by atoms with Crippen molar-refractivity contribution in [3.05, 3.63) is 60.8 Å². The predicted octanol–water partition coefficient (Wildman–Crippen LogP) is 5.76. The average molecular weight is 230 g/mol. The van der Waals surface area contributed by atoms with E-state index in [4.69, 9.17) is 0 Å². The van der Waals surface area contributed by atoms with Crippen molar-refractivity contribution in [2.75, 3.05) is 0 Å². The number of hydrogen-bond donors (Lipinski definition) is 0. The van der Waals surface area contributed by atoms with Gasteiger partial charge >= 0.3 is 0 Å². The highest BCUT2D eigenvalue weighted by Crippen LogP contribution is 1.99. The largest absolute Gasteiger partial charge is 0.0877 e. The topological polar surface area (TPSA) is 0 Å². The lowest BCUT2D eigenvalue weighted by Crippen LogP contribution is -1.69. The fourth-order valence-corrected chi connectivity index (χ4v) is 1.32. The van der Waals surface area contributed by atoms with Gasteiger partial charge in [-0.2, -0.15) is 0 Å². The third-order valence-electron chi connectivity index (χ3n) is 2.29. The van der Waals surface area contributed by atoms with Gasteiger partial charge in [-0.25, -0.2) is 0 Å². The standard InChI is InChI=1S/C17H26/c1-3-5-7-9-11-13-15-17-16-14-12-10-8-6-4-2/h3,5,7,9,11-14,16-17H,4,6,8,10,15H2,1-2H3. The third kappa shape index (κ3) is 14.7. The summed E-state index contributed by atoms with van der Waals surface area (Å²) in [4.78, 5) is 0. The van der Waals surface area contributed by atoms with E-state index in [-0.39, 0.29) is 0 Å². The quantitative estimate of drug-likeness (QED) is 0.349. The van der Waals surface area contributed by atoms with Gasteiger partial charge in [-0.15, -0.1) is 0 Å². The van der Waals surface area contributed by atoms with E-state index in [1.54, 1.807) is 0 Å². The molecule has 0 aliphatic carbocycles. The van der Waals surface area contributed by atoms with Crippen molar-refractivity contribution in [2.45, 2.75) is 46.0 Å². The summed E-state index contributed by atoms with van der Waals surface area (Å²) in [7, 11) is 0. The van der Waals surface area contributed by atoms with Gasteiger partial charge in [-0.05, 0) is 26.2 Å². The molecule has 0 N–H and O–H groups in total. The van der Waals surface area contributed by atoms with Crippen molar-refractivity contribution >= 4 is 0 Å². The van der Waals surface area contributed by atoms with Gasteiger partial charge < -0.3 is 0 Å². The highest BCUT2D eigenvalue weighted by atomic mass is 13.9. The Hall–Kier alpha value is -1.30. The normalized spacial score (nSPS) is 13.3. The second-order valence-corrected chi connectivity index (χ2v) is 3.93. The first-order valence-corrected chi connectivity index (χ1v) is 6.68. The van der Waals surface area contributed by atoms with Crippen LogP contribution in [0.3, 0.4) is 0 Å².